The molecule has 0 aromatic heterocycles. The molecule has 5 nitrogen and oxygen atoms in total. The molecule has 1 aromatic rings. The fourth-order valence-corrected chi connectivity index (χ4v) is 1.72. The smallest absolute Gasteiger partial charge is 0.383 e. The first kappa shape index (κ1) is 25.0. The minimum Gasteiger partial charge on any atom is -0.383 e. The quantitative estimate of drug-likeness (QED) is 0.666. The molecule has 1 unspecified atom stereocenters. The molecule has 140 valence electrons. The van der Waals surface area contributed by atoms with E-state index in [4.69, 9.17) is 10.5 Å². The van der Waals surface area contributed by atoms with Gasteiger partial charge in [-0.05, 0) is 24.6 Å². The van der Waals surface area contributed by atoms with Gasteiger partial charge in [0.05, 0.1) is 23.5 Å². The van der Waals surface area contributed by atoms with Gasteiger partial charge >= 0.3 is 6.18 Å². The molecule has 0 saturated heterocycles. The summed E-state index contributed by atoms with van der Waals surface area (Å²) in [6.07, 6.45) is -3.70. The maximum absolute atomic E-state index is 12.8. The molecular formula is C14H22Cl2F3N3O2. The molecule has 24 heavy (non-hydrogen) atoms. The Morgan fingerprint density at radius 2 is 1.92 bits per heavy atom. The first-order valence-electron chi connectivity index (χ1n) is 6.80. The van der Waals surface area contributed by atoms with Gasteiger partial charge in [0, 0.05) is 13.7 Å². The number of alkyl halides is 3. The van der Waals surface area contributed by atoms with Crippen LogP contribution in [0.5, 0.6) is 0 Å². The summed E-state index contributed by atoms with van der Waals surface area (Å²) in [5, 5.41) is 5.37. The van der Waals surface area contributed by atoms with Crippen molar-refractivity contribution >= 4 is 42.1 Å². The van der Waals surface area contributed by atoms with Gasteiger partial charge in [-0.25, -0.2) is 0 Å². The Balaban J connectivity index is 0. The van der Waals surface area contributed by atoms with Crippen molar-refractivity contribution in [1.82, 2.24) is 0 Å². The fraction of sp³-hybridized carbons (Fsp3) is 0.500. The standard InChI is InChI=1S/C14H20F3N3O2.2ClH/c1-3-6-19-11-5-4-9(14(15,16)17)7-12(11)20-13(21)10(18)8-22-2;;/h4-5,7,10,19H,3,6,8,18H2,1-2H3,(H,20,21);2*1H. The molecule has 0 bridgehead atoms. The van der Waals surface area contributed by atoms with E-state index >= 15 is 0 Å². The largest absolute Gasteiger partial charge is 0.416 e. The lowest BCUT2D eigenvalue weighted by atomic mass is 10.1. The second-order valence-electron chi connectivity index (χ2n) is 4.74. The number of nitrogens with one attached hydrogen (secondary N) is 2. The van der Waals surface area contributed by atoms with Crippen molar-refractivity contribution in [2.45, 2.75) is 25.6 Å². The lowest BCUT2D eigenvalue weighted by Crippen LogP contribution is -2.39. The molecule has 0 aliphatic carbocycles. The number of hydrogen-bond donors (Lipinski definition) is 3. The van der Waals surface area contributed by atoms with E-state index in [-0.39, 0.29) is 37.1 Å². The summed E-state index contributed by atoms with van der Waals surface area (Å²) in [6, 6.07) is 2.17. The minimum atomic E-state index is -4.49. The van der Waals surface area contributed by atoms with Gasteiger partial charge in [-0.1, -0.05) is 6.92 Å². The van der Waals surface area contributed by atoms with E-state index in [1.165, 1.54) is 13.2 Å². The molecule has 4 N–H and O–H groups in total. The third-order valence-corrected chi connectivity index (χ3v) is 2.85. The highest BCUT2D eigenvalue weighted by atomic mass is 35.5. The van der Waals surface area contributed by atoms with Crippen LogP contribution in [-0.2, 0) is 15.7 Å². The van der Waals surface area contributed by atoms with Crippen LogP contribution in [0.25, 0.3) is 0 Å². The highest BCUT2D eigenvalue weighted by molar-refractivity contribution is 5.97. The average molecular weight is 392 g/mol. The van der Waals surface area contributed by atoms with Gasteiger partial charge in [0.1, 0.15) is 6.04 Å². The van der Waals surface area contributed by atoms with Crippen LogP contribution in [-0.4, -0.2) is 32.2 Å². The Labute approximate surface area is 151 Å². The second kappa shape index (κ2) is 11.4. The monoisotopic (exact) mass is 391 g/mol. The Hall–Kier alpha value is -1.22. The van der Waals surface area contributed by atoms with Crippen molar-refractivity contribution in [3.05, 3.63) is 23.8 Å². The number of carbonyl (C=O) groups is 1. The van der Waals surface area contributed by atoms with Gasteiger partial charge in [-0.2, -0.15) is 13.2 Å². The molecule has 0 fully saturated rings. The highest BCUT2D eigenvalue weighted by Gasteiger charge is 2.31. The van der Waals surface area contributed by atoms with Crippen molar-refractivity contribution in [3.63, 3.8) is 0 Å². The summed E-state index contributed by atoms with van der Waals surface area (Å²) >= 11 is 0. The number of benzene rings is 1. The third kappa shape index (κ3) is 7.57. The van der Waals surface area contributed by atoms with Crippen LogP contribution in [0, 0.1) is 0 Å². The Bertz CT molecular complexity index is 517. The average Bonchev–Trinajstić information content (AvgIpc) is 2.45. The topological polar surface area (TPSA) is 76.4 Å². The molecule has 0 aliphatic rings. The van der Waals surface area contributed by atoms with Gasteiger partial charge in [0.15, 0.2) is 0 Å². The van der Waals surface area contributed by atoms with Crippen molar-refractivity contribution in [1.29, 1.82) is 0 Å². The van der Waals surface area contributed by atoms with E-state index < -0.39 is 23.7 Å². The SMILES string of the molecule is CCCNc1ccc(C(F)(F)F)cc1NC(=O)C(N)COC.Cl.Cl. The van der Waals surface area contributed by atoms with E-state index in [0.29, 0.717) is 12.2 Å². The Kier molecular flexibility index (Phi) is 11.8. The Morgan fingerprint density at radius 1 is 1.29 bits per heavy atom. The van der Waals surface area contributed by atoms with E-state index in [0.717, 1.165) is 18.6 Å². The van der Waals surface area contributed by atoms with Gasteiger partial charge in [-0.15, -0.1) is 24.8 Å². The first-order valence-corrected chi connectivity index (χ1v) is 6.80. The molecule has 0 saturated carbocycles. The van der Waals surface area contributed by atoms with Crippen LogP contribution in [0.15, 0.2) is 18.2 Å². The van der Waals surface area contributed by atoms with Crippen LogP contribution in [0.2, 0.25) is 0 Å². The van der Waals surface area contributed by atoms with E-state index in [1.54, 1.807) is 0 Å². The second-order valence-corrected chi connectivity index (χ2v) is 4.74. The molecule has 1 amide bonds. The first-order chi connectivity index (χ1) is 10.3. The number of carbonyl (C=O) groups excluding carboxylic acids is 1. The lowest BCUT2D eigenvalue weighted by Gasteiger charge is -2.17. The number of amides is 1. The zero-order valence-corrected chi connectivity index (χ0v) is 14.9. The zero-order chi connectivity index (χ0) is 16.8. The molecule has 0 aliphatic heterocycles. The molecular weight excluding hydrogens is 370 g/mol. The van der Waals surface area contributed by atoms with Crippen LogP contribution < -0.4 is 16.4 Å². The van der Waals surface area contributed by atoms with E-state index in [1.807, 2.05) is 6.92 Å². The molecule has 0 heterocycles. The maximum Gasteiger partial charge on any atom is 0.416 e. The summed E-state index contributed by atoms with van der Waals surface area (Å²) in [6.45, 7) is 2.46. The van der Waals surface area contributed by atoms with Crippen LogP contribution >= 0.6 is 24.8 Å². The summed E-state index contributed by atoms with van der Waals surface area (Å²) < 4.78 is 43.1. The lowest BCUT2D eigenvalue weighted by molar-refractivity contribution is -0.137. The predicted octanol–water partition coefficient (Wildman–Crippen LogP) is 3.28. The minimum absolute atomic E-state index is 0. The van der Waals surface area contributed by atoms with Gasteiger partial charge in [0.25, 0.3) is 0 Å². The number of anilines is 2. The molecule has 10 heteroatoms. The third-order valence-electron chi connectivity index (χ3n) is 2.85. The molecule has 1 aromatic carbocycles. The molecule has 0 spiro atoms. The highest BCUT2D eigenvalue weighted by Crippen LogP contribution is 2.34. The van der Waals surface area contributed by atoms with Crippen molar-refractivity contribution in [2.75, 3.05) is 30.9 Å². The molecule has 1 atom stereocenters. The summed E-state index contributed by atoms with van der Waals surface area (Å²) in [5.41, 5.74) is 5.18. The number of nitrogens with two attached hydrogens (primary N) is 1. The summed E-state index contributed by atoms with van der Waals surface area (Å²) in [7, 11) is 1.38. The van der Waals surface area contributed by atoms with Crippen molar-refractivity contribution < 1.29 is 22.7 Å². The summed E-state index contributed by atoms with van der Waals surface area (Å²) in [5.74, 6) is -0.610. The van der Waals surface area contributed by atoms with Gasteiger partial charge < -0.3 is 21.1 Å². The number of hydrogen-bond acceptors (Lipinski definition) is 4. The van der Waals surface area contributed by atoms with Crippen LogP contribution in [0.4, 0.5) is 24.5 Å². The summed E-state index contributed by atoms with van der Waals surface area (Å²) in [4.78, 5) is 11.9. The number of rotatable bonds is 7. The van der Waals surface area contributed by atoms with Crippen molar-refractivity contribution in [2.24, 2.45) is 5.73 Å². The predicted molar refractivity (Wildman–Crippen MR) is 93.2 cm³/mol. The van der Waals surface area contributed by atoms with Crippen LogP contribution in [0.1, 0.15) is 18.9 Å². The van der Waals surface area contributed by atoms with Crippen molar-refractivity contribution in [3.8, 4) is 0 Å². The van der Waals surface area contributed by atoms with Gasteiger partial charge in [-0.3, -0.25) is 4.79 Å². The van der Waals surface area contributed by atoms with E-state index in [9.17, 15) is 18.0 Å². The normalized spacial score (nSPS) is 11.8. The Morgan fingerprint density at radius 3 is 2.42 bits per heavy atom. The maximum atomic E-state index is 12.8. The number of methoxy groups -OCH3 is 1. The zero-order valence-electron chi connectivity index (χ0n) is 13.3. The van der Waals surface area contributed by atoms with Crippen LogP contribution in [0.3, 0.4) is 0 Å². The molecule has 0 radical (unpaired) electrons. The molecule has 1 rings (SSSR count). The number of ether oxygens (including phenoxy) is 1. The number of halogens is 5. The van der Waals surface area contributed by atoms with E-state index in [2.05, 4.69) is 10.6 Å². The van der Waals surface area contributed by atoms with Gasteiger partial charge in [0.2, 0.25) is 5.91 Å². The fourth-order valence-electron chi connectivity index (χ4n) is 1.72.